The Labute approximate surface area is 213 Å². The number of nitrogens with zero attached hydrogens (tertiary/aromatic N) is 5. The first-order valence-corrected chi connectivity index (χ1v) is 12.0. The summed E-state index contributed by atoms with van der Waals surface area (Å²) in [6, 6.07) is 15.7. The summed E-state index contributed by atoms with van der Waals surface area (Å²) < 4.78 is 3.75. The molecule has 0 unspecified atom stereocenters. The van der Waals surface area contributed by atoms with Crippen LogP contribution in [0.4, 0.5) is 5.69 Å². The molecule has 8 nitrogen and oxygen atoms in total. The number of hydrogen-bond donors (Lipinski definition) is 2. The highest BCUT2D eigenvalue weighted by Gasteiger charge is 2.12. The van der Waals surface area contributed by atoms with Gasteiger partial charge in [0.1, 0.15) is 5.65 Å². The molecule has 0 radical (unpaired) electrons. The maximum absolute atomic E-state index is 13.2. The zero-order valence-electron chi connectivity index (χ0n) is 20.7. The molecule has 37 heavy (non-hydrogen) atoms. The van der Waals surface area contributed by atoms with E-state index >= 15 is 0 Å². The molecule has 0 spiro atoms. The molecule has 0 bridgehead atoms. The molecule has 0 aliphatic carbocycles. The zero-order chi connectivity index (χ0) is 25.5. The lowest BCUT2D eigenvalue weighted by Crippen LogP contribution is -2.13. The van der Waals surface area contributed by atoms with Crippen molar-refractivity contribution >= 4 is 22.6 Å². The van der Waals surface area contributed by atoms with Crippen molar-refractivity contribution in [3.8, 4) is 22.5 Å². The Morgan fingerprint density at radius 2 is 1.81 bits per heavy atom. The van der Waals surface area contributed by atoms with Gasteiger partial charge in [-0.1, -0.05) is 6.07 Å². The zero-order valence-corrected chi connectivity index (χ0v) is 20.7. The molecule has 2 aromatic carbocycles. The number of fused-ring (bicyclic) bond motifs is 1. The van der Waals surface area contributed by atoms with Gasteiger partial charge in [-0.15, -0.1) is 0 Å². The number of carbonyl (C=O) groups excluding carboxylic acids is 1. The van der Waals surface area contributed by atoms with Gasteiger partial charge in [0, 0.05) is 58.2 Å². The summed E-state index contributed by atoms with van der Waals surface area (Å²) in [6.07, 6.45) is 11.2. The fourth-order valence-electron chi connectivity index (χ4n) is 4.44. The Kier molecular flexibility index (Phi) is 5.41. The van der Waals surface area contributed by atoms with Crippen molar-refractivity contribution in [1.29, 1.82) is 0 Å². The van der Waals surface area contributed by atoms with E-state index in [0.29, 0.717) is 11.3 Å². The molecule has 4 heterocycles. The molecule has 0 aliphatic heterocycles. The van der Waals surface area contributed by atoms with Crippen LogP contribution >= 0.6 is 0 Å². The average molecular weight is 488 g/mol. The van der Waals surface area contributed by atoms with Gasteiger partial charge in [0.15, 0.2) is 0 Å². The van der Waals surface area contributed by atoms with E-state index < -0.39 is 0 Å². The van der Waals surface area contributed by atoms with Gasteiger partial charge >= 0.3 is 0 Å². The van der Waals surface area contributed by atoms with Crippen LogP contribution in [0, 0.1) is 20.8 Å². The number of imidazole rings is 1. The van der Waals surface area contributed by atoms with Gasteiger partial charge in [0.05, 0.1) is 23.9 Å². The second-order valence-corrected chi connectivity index (χ2v) is 9.25. The van der Waals surface area contributed by atoms with Crippen molar-refractivity contribution < 1.29 is 4.79 Å². The predicted octanol–water partition coefficient (Wildman–Crippen LogP) is 5.78. The van der Waals surface area contributed by atoms with Crippen molar-refractivity contribution in [2.75, 3.05) is 5.32 Å². The second-order valence-electron chi connectivity index (χ2n) is 9.25. The lowest BCUT2D eigenvalue weighted by atomic mass is 10.1. The first-order chi connectivity index (χ1) is 17.9. The van der Waals surface area contributed by atoms with E-state index in [1.54, 1.807) is 6.33 Å². The third-order valence-corrected chi connectivity index (χ3v) is 6.36. The van der Waals surface area contributed by atoms with Gasteiger partial charge in [0.2, 0.25) is 0 Å². The van der Waals surface area contributed by atoms with Crippen LogP contribution in [0.3, 0.4) is 0 Å². The van der Waals surface area contributed by atoms with Crippen LogP contribution in [-0.4, -0.2) is 35.2 Å². The third kappa shape index (κ3) is 4.40. The number of hydrogen-bond acceptors (Lipinski definition) is 4. The number of nitrogens with one attached hydrogen (secondary N) is 2. The Morgan fingerprint density at radius 1 is 0.919 bits per heavy atom. The van der Waals surface area contributed by atoms with E-state index in [2.05, 4.69) is 31.4 Å². The van der Waals surface area contributed by atoms with Crippen LogP contribution in [0.1, 0.15) is 27.2 Å². The van der Waals surface area contributed by atoms with Gasteiger partial charge in [0.25, 0.3) is 5.91 Å². The Balaban J connectivity index is 1.27. The van der Waals surface area contributed by atoms with Gasteiger partial charge in [-0.2, -0.15) is 5.10 Å². The molecule has 1 amide bonds. The molecule has 0 saturated carbocycles. The number of H-pyrrole nitrogens is 1. The number of carbonyl (C=O) groups is 1. The number of anilines is 1. The number of rotatable bonds is 5. The van der Waals surface area contributed by atoms with E-state index in [1.807, 2.05) is 103 Å². The summed E-state index contributed by atoms with van der Waals surface area (Å²) >= 11 is 0. The normalized spacial score (nSPS) is 11.2. The van der Waals surface area contributed by atoms with Crippen molar-refractivity contribution in [2.24, 2.45) is 0 Å². The third-order valence-electron chi connectivity index (χ3n) is 6.36. The van der Waals surface area contributed by atoms with Gasteiger partial charge in [-0.3, -0.25) is 4.79 Å². The molecule has 0 saturated heterocycles. The Bertz CT molecular complexity index is 1770. The minimum Gasteiger partial charge on any atom is -0.346 e. The summed E-state index contributed by atoms with van der Waals surface area (Å²) in [5.74, 6) is -0.177. The summed E-state index contributed by atoms with van der Waals surface area (Å²) in [5.41, 5.74) is 8.83. The minimum absolute atomic E-state index is 0.177. The van der Waals surface area contributed by atoms with Crippen LogP contribution < -0.4 is 5.32 Å². The molecule has 6 aromatic rings. The van der Waals surface area contributed by atoms with Crippen molar-refractivity contribution in [3.63, 3.8) is 0 Å². The molecule has 0 fully saturated rings. The van der Waals surface area contributed by atoms with E-state index in [-0.39, 0.29) is 5.91 Å². The largest absolute Gasteiger partial charge is 0.346 e. The highest BCUT2D eigenvalue weighted by atomic mass is 16.1. The lowest BCUT2D eigenvalue weighted by Gasteiger charge is -2.12. The SMILES string of the molecule is Cc1cc(C(=O)Nc2ccc(C)c(-n3cc(-c4cnc5[nH]ccc5c4)cn3)c2)cc(-n2cnc(C)c2)c1. The summed E-state index contributed by atoms with van der Waals surface area (Å²) in [6.45, 7) is 5.94. The van der Waals surface area contributed by atoms with Crippen molar-refractivity contribution in [3.05, 3.63) is 108 Å². The van der Waals surface area contributed by atoms with E-state index in [1.165, 1.54) is 0 Å². The summed E-state index contributed by atoms with van der Waals surface area (Å²) in [7, 11) is 0. The number of aryl methyl sites for hydroxylation is 3. The monoisotopic (exact) mass is 487 g/mol. The molecular formula is C29H25N7O. The van der Waals surface area contributed by atoms with Crippen LogP contribution in [0.25, 0.3) is 33.5 Å². The first kappa shape index (κ1) is 22.5. The van der Waals surface area contributed by atoms with Gasteiger partial charge in [-0.25, -0.2) is 14.6 Å². The van der Waals surface area contributed by atoms with Gasteiger partial charge in [-0.05, 0) is 74.4 Å². The first-order valence-electron chi connectivity index (χ1n) is 12.0. The molecule has 2 N–H and O–H groups in total. The minimum atomic E-state index is -0.177. The molecule has 0 aliphatic rings. The molecule has 182 valence electrons. The number of aromatic nitrogens is 6. The average Bonchev–Trinajstić information content (AvgIpc) is 3.65. The van der Waals surface area contributed by atoms with Crippen LogP contribution in [0.5, 0.6) is 0 Å². The smallest absolute Gasteiger partial charge is 0.255 e. The van der Waals surface area contributed by atoms with E-state index in [4.69, 9.17) is 0 Å². The topological polar surface area (TPSA) is 93.4 Å². The van der Waals surface area contributed by atoms with Gasteiger partial charge < -0.3 is 14.9 Å². The maximum Gasteiger partial charge on any atom is 0.255 e. The molecule has 4 aromatic heterocycles. The quantitative estimate of drug-likeness (QED) is 0.322. The fraction of sp³-hybridized carbons (Fsp3) is 0.103. The standard InChI is InChI=1S/C29H25N7O/c1-18-8-22(11-26(9-18)35-15-20(3)32-17-35)29(37)34-25-5-4-19(2)27(12-25)36-16-24(14-33-36)23-10-21-6-7-30-28(21)31-13-23/h4-17H,1-3H3,(H,30,31)(H,34,37). The second kappa shape index (κ2) is 8.91. The highest BCUT2D eigenvalue weighted by Crippen LogP contribution is 2.25. The van der Waals surface area contributed by atoms with E-state index in [9.17, 15) is 4.79 Å². The number of benzene rings is 2. The number of aromatic amines is 1. The van der Waals surface area contributed by atoms with Crippen LogP contribution in [0.2, 0.25) is 0 Å². The molecular weight excluding hydrogens is 462 g/mol. The van der Waals surface area contributed by atoms with Crippen molar-refractivity contribution in [1.82, 2.24) is 29.3 Å². The summed E-state index contributed by atoms with van der Waals surface area (Å²) in [4.78, 5) is 25.1. The highest BCUT2D eigenvalue weighted by molar-refractivity contribution is 6.05. The van der Waals surface area contributed by atoms with Crippen LogP contribution in [-0.2, 0) is 0 Å². The number of amides is 1. The molecule has 8 heteroatoms. The molecule has 0 atom stereocenters. The fourth-order valence-corrected chi connectivity index (χ4v) is 4.44. The number of pyridine rings is 1. The predicted molar refractivity (Wildman–Crippen MR) is 144 cm³/mol. The van der Waals surface area contributed by atoms with Crippen LogP contribution in [0.15, 0.2) is 85.8 Å². The maximum atomic E-state index is 13.2. The Hall–Kier alpha value is -4.98. The van der Waals surface area contributed by atoms with Crippen molar-refractivity contribution in [2.45, 2.75) is 20.8 Å². The van der Waals surface area contributed by atoms with E-state index in [0.717, 1.165) is 50.4 Å². The summed E-state index contributed by atoms with van der Waals surface area (Å²) in [5, 5.41) is 8.68. The molecule has 6 rings (SSSR count). The lowest BCUT2D eigenvalue weighted by molar-refractivity contribution is 0.102. The Morgan fingerprint density at radius 3 is 2.65 bits per heavy atom.